The van der Waals surface area contributed by atoms with Gasteiger partial charge in [-0.15, -0.1) is 0 Å². The molecule has 0 heterocycles. The first kappa shape index (κ1) is 100. The Balaban J connectivity index is 5.20. The van der Waals surface area contributed by atoms with Gasteiger partial charge in [0.05, 0.1) is 26.4 Å². The lowest BCUT2D eigenvalue weighted by Crippen LogP contribution is -2.30. The van der Waals surface area contributed by atoms with Crippen LogP contribution < -0.4 is 0 Å². The van der Waals surface area contributed by atoms with Gasteiger partial charge in [-0.25, -0.2) is 9.13 Å². The zero-order chi connectivity index (χ0) is 75.1. The number of phosphoric acid groups is 2. The van der Waals surface area contributed by atoms with Crippen molar-refractivity contribution in [1.82, 2.24) is 0 Å². The molecule has 17 nitrogen and oxygen atoms in total. The maximum Gasteiger partial charge on any atom is 0.472 e. The Labute approximate surface area is 626 Å². The van der Waals surface area contributed by atoms with Gasteiger partial charge in [0.2, 0.25) is 0 Å². The molecule has 6 atom stereocenters. The lowest BCUT2D eigenvalue weighted by atomic mass is 9.99. The van der Waals surface area contributed by atoms with Crippen LogP contribution in [0.4, 0.5) is 0 Å². The maximum atomic E-state index is 13.1. The quantitative estimate of drug-likeness (QED) is 0.0222. The molecular weight excluding hydrogens is 1330 g/mol. The van der Waals surface area contributed by atoms with E-state index in [0.29, 0.717) is 31.6 Å². The Morgan fingerprint density at radius 3 is 0.745 bits per heavy atom. The molecule has 0 radical (unpaired) electrons. The number of rotatable bonds is 81. The summed E-state index contributed by atoms with van der Waals surface area (Å²) in [5.74, 6) is 0.155. The van der Waals surface area contributed by atoms with Gasteiger partial charge in [-0.05, 0) is 43.4 Å². The summed E-state index contributed by atoms with van der Waals surface area (Å²) in [6.45, 7) is 11.9. The number of aliphatic hydroxyl groups excluding tert-OH is 1. The largest absolute Gasteiger partial charge is 0.472 e. The van der Waals surface area contributed by atoms with Crippen LogP contribution in [0, 0.1) is 17.8 Å². The molecule has 0 aromatic heterocycles. The molecule has 0 aromatic carbocycles. The first-order valence-corrected chi connectivity index (χ1v) is 45.9. The molecule has 102 heavy (non-hydrogen) atoms. The van der Waals surface area contributed by atoms with Crippen molar-refractivity contribution in [2.24, 2.45) is 17.8 Å². The van der Waals surface area contributed by atoms with Gasteiger partial charge in [0.15, 0.2) is 12.2 Å². The van der Waals surface area contributed by atoms with E-state index in [0.717, 1.165) is 108 Å². The van der Waals surface area contributed by atoms with Crippen LogP contribution in [0.5, 0.6) is 0 Å². The molecule has 3 unspecified atom stereocenters. The van der Waals surface area contributed by atoms with Gasteiger partial charge in [0.1, 0.15) is 19.3 Å². The first-order valence-electron chi connectivity index (χ1n) is 42.9. The number of carbonyl (C=O) groups is 4. The van der Waals surface area contributed by atoms with Crippen molar-refractivity contribution >= 4 is 39.5 Å². The van der Waals surface area contributed by atoms with Gasteiger partial charge < -0.3 is 33.8 Å². The average Bonchev–Trinajstić information content (AvgIpc) is 0.913. The number of unbranched alkanes of at least 4 members (excludes halogenated alkanes) is 48. The van der Waals surface area contributed by atoms with Crippen molar-refractivity contribution in [2.75, 3.05) is 39.6 Å². The Morgan fingerprint density at radius 2 is 0.500 bits per heavy atom. The molecule has 0 amide bonds. The minimum atomic E-state index is -4.96. The first-order chi connectivity index (χ1) is 49.3. The molecule has 0 fully saturated rings. The van der Waals surface area contributed by atoms with Crippen LogP contribution >= 0.6 is 15.6 Å². The lowest BCUT2D eigenvalue weighted by Gasteiger charge is -2.21. The molecule has 0 aromatic rings. The number of carbonyl (C=O) groups excluding carboxylic acids is 4. The molecule has 0 spiro atoms. The third kappa shape index (κ3) is 74.9. The molecule has 0 rings (SSSR count). The molecule has 0 saturated heterocycles. The van der Waals surface area contributed by atoms with Crippen LogP contribution in [0.3, 0.4) is 0 Å². The highest BCUT2D eigenvalue weighted by Crippen LogP contribution is 2.45. The number of hydrogen-bond acceptors (Lipinski definition) is 15. The molecule has 0 bridgehead atoms. The van der Waals surface area contributed by atoms with E-state index in [1.165, 1.54) is 238 Å². The van der Waals surface area contributed by atoms with E-state index in [4.69, 9.17) is 37.0 Å². The van der Waals surface area contributed by atoms with E-state index in [9.17, 15) is 43.2 Å². The van der Waals surface area contributed by atoms with Crippen LogP contribution in [0.1, 0.15) is 434 Å². The zero-order valence-electron chi connectivity index (χ0n) is 67.1. The minimum absolute atomic E-state index is 0.104. The van der Waals surface area contributed by atoms with Crippen LogP contribution in [0.15, 0.2) is 0 Å². The van der Waals surface area contributed by atoms with Gasteiger partial charge in [0.25, 0.3) is 0 Å². The fraction of sp³-hybridized carbons (Fsp3) is 0.952. The summed E-state index contributed by atoms with van der Waals surface area (Å²) in [5, 5.41) is 10.6. The van der Waals surface area contributed by atoms with Gasteiger partial charge in [-0.3, -0.25) is 37.3 Å². The van der Waals surface area contributed by atoms with E-state index >= 15 is 0 Å². The SMILES string of the molecule is CCCCCCCCCCCCCCCCCCCCCCC(=O)OC[C@H](COP(=O)(O)OC[C@@H](O)COP(=O)(O)OC[C@@H](COC(=O)CCCCCCCCC(C)C)OC(=O)CCCCCCCCCCC(C)CC)OC(=O)CCCCCCCCCCCCCCCCCCCCC(C)C. The van der Waals surface area contributed by atoms with Crippen LogP contribution in [-0.4, -0.2) is 96.7 Å². The van der Waals surface area contributed by atoms with Crippen molar-refractivity contribution in [3.8, 4) is 0 Å². The topological polar surface area (TPSA) is 237 Å². The zero-order valence-corrected chi connectivity index (χ0v) is 68.9. The fourth-order valence-corrected chi connectivity index (χ4v) is 14.4. The number of esters is 4. The summed E-state index contributed by atoms with van der Waals surface area (Å²) in [5.41, 5.74) is 0. The second-order valence-electron chi connectivity index (χ2n) is 31.1. The predicted octanol–water partition coefficient (Wildman–Crippen LogP) is 24.9. The van der Waals surface area contributed by atoms with Crippen molar-refractivity contribution in [1.29, 1.82) is 0 Å². The van der Waals surface area contributed by atoms with Gasteiger partial charge in [-0.2, -0.15) is 0 Å². The van der Waals surface area contributed by atoms with Crippen molar-refractivity contribution in [3.05, 3.63) is 0 Å². The monoisotopic (exact) mass is 1490 g/mol. The van der Waals surface area contributed by atoms with E-state index in [-0.39, 0.29) is 25.7 Å². The predicted molar refractivity (Wildman–Crippen MR) is 418 cm³/mol. The minimum Gasteiger partial charge on any atom is -0.462 e. The standard InChI is InChI=1S/C83H162O17P2/c1-8-10-11-12-13-14-15-16-17-18-19-20-24-27-30-33-36-42-50-57-64-80(85)93-70-78(99-82(87)66-59-52-43-37-34-31-28-25-22-21-23-26-29-32-35-40-47-54-61-74(3)4)72-97-101(89,90)95-68-77(84)69-96-102(91,92)98-73-79(71-94-81(86)65-58-51-46-45-48-55-62-75(5)6)100-83(88)67-60-53-44-39-38-41-49-56-63-76(7)9-2/h74-79,84H,8-73H2,1-7H3,(H,89,90)(H,91,92)/t76?,77-,78-,79-/m1/s1. The van der Waals surface area contributed by atoms with Crippen molar-refractivity contribution < 1.29 is 80.2 Å². The number of aliphatic hydroxyl groups is 1. The Hall–Kier alpha value is -1.94. The van der Waals surface area contributed by atoms with Crippen molar-refractivity contribution in [3.63, 3.8) is 0 Å². The van der Waals surface area contributed by atoms with E-state index in [1.807, 2.05) is 0 Å². The molecule has 606 valence electrons. The summed E-state index contributed by atoms with van der Waals surface area (Å²) in [7, 11) is -9.92. The number of ether oxygens (including phenoxy) is 4. The molecular formula is C83H162O17P2. The molecule has 0 aliphatic rings. The molecule has 3 N–H and O–H groups in total. The van der Waals surface area contributed by atoms with Crippen LogP contribution in [0.25, 0.3) is 0 Å². The highest BCUT2D eigenvalue weighted by Gasteiger charge is 2.30. The second-order valence-corrected chi connectivity index (χ2v) is 34.0. The highest BCUT2D eigenvalue weighted by molar-refractivity contribution is 7.47. The smallest absolute Gasteiger partial charge is 0.462 e. The third-order valence-corrected chi connectivity index (χ3v) is 21.6. The summed E-state index contributed by atoms with van der Waals surface area (Å²) in [4.78, 5) is 73.0. The number of hydrogen-bond donors (Lipinski definition) is 3. The molecule has 0 aliphatic carbocycles. The Kier molecular flexibility index (Phi) is 71.8. The molecule has 0 saturated carbocycles. The highest BCUT2D eigenvalue weighted by atomic mass is 31.2. The van der Waals surface area contributed by atoms with Crippen LogP contribution in [0.2, 0.25) is 0 Å². The summed E-state index contributed by atoms with van der Waals surface area (Å²) < 4.78 is 68.7. The van der Waals surface area contributed by atoms with Crippen molar-refractivity contribution in [2.45, 2.75) is 452 Å². The Morgan fingerprint density at radius 1 is 0.284 bits per heavy atom. The average molecular weight is 1490 g/mol. The summed E-state index contributed by atoms with van der Waals surface area (Å²) in [6.07, 6.45) is 62.8. The van der Waals surface area contributed by atoms with E-state index in [2.05, 4.69) is 48.5 Å². The Bertz CT molecular complexity index is 1980. The van der Waals surface area contributed by atoms with E-state index in [1.54, 1.807) is 0 Å². The second kappa shape index (κ2) is 73.2. The summed E-state index contributed by atoms with van der Waals surface area (Å²) >= 11 is 0. The maximum absolute atomic E-state index is 13.1. The molecule has 0 aliphatic heterocycles. The lowest BCUT2D eigenvalue weighted by molar-refractivity contribution is -0.161. The fourth-order valence-electron chi connectivity index (χ4n) is 12.8. The van der Waals surface area contributed by atoms with Gasteiger partial charge in [-0.1, -0.05) is 382 Å². The van der Waals surface area contributed by atoms with Gasteiger partial charge in [0, 0.05) is 25.7 Å². The number of phosphoric ester groups is 2. The molecule has 19 heteroatoms. The van der Waals surface area contributed by atoms with Crippen LogP contribution in [-0.2, 0) is 65.4 Å². The van der Waals surface area contributed by atoms with Gasteiger partial charge >= 0.3 is 39.5 Å². The normalized spacial score (nSPS) is 14.2. The van der Waals surface area contributed by atoms with E-state index < -0.39 is 97.5 Å². The summed E-state index contributed by atoms with van der Waals surface area (Å²) in [6, 6.07) is 0. The third-order valence-electron chi connectivity index (χ3n) is 19.7.